The summed E-state index contributed by atoms with van der Waals surface area (Å²) in [4.78, 5) is 25.8. The molecule has 4 rings (SSSR count). The lowest BCUT2D eigenvalue weighted by Gasteiger charge is -2.12. The zero-order chi connectivity index (χ0) is 24.4. The second-order valence-electron chi connectivity index (χ2n) is 8.42. The van der Waals surface area contributed by atoms with Gasteiger partial charge in [-0.3, -0.25) is 14.5 Å². The SMILES string of the molecule is Cc1ccc(C(C)C)cc1-c1nn(-c2ccccc2)cc1C=C1SC(=S)N(CCC(=O)O)C1=O. The van der Waals surface area contributed by atoms with E-state index in [-0.39, 0.29) is 18.9 Å². The lowest BCUT2D eigenvalue weighted by atomic mass is 9.95. The number of aromatic nitrogens is 2. The summed E-state index contributed by atoms with van der Waals surface area (Å²) in [6, 6.07) is 16.2. The number of benzene rings is 2. The second kappa shape index (κ2) is 9.95. The molecule has 1 aliphatic rings. The third kappa shape index (κ3) is 4.98. The van der Waals surface area contributed by atoms with Gasteiger partial charge in [0.25, 0.3) is 5.91 Å². The minimum atomic E-state index is -0.968. The number of carbonyl (C=O) groups excluding carboxylic acids is 1. The van der Waals surface area contributed by atoms with Gasteiger partial charge < -0.3 is 5.11 Å². The maximum atomic E-state index is 13.0. The predicted octanol–water partition coefficient (Wildman–Crippen LogP) is 5.65. The first-order valence-corrected chi connectivity index (χ1v) is 12.2. The number of carboxylic acids is 1. The van der Waals surface area contributed by atoms with Crippen molar-refractivity contribution in [1.82, 2.24) is 14.7 Å². The van der Waals surface area contributed by atoms with Crippen LogP contribution in [0.4, 0.5) is 0 Å². The van der Waals surface area contributed by atoms with Crippen molar-refractivity contribution in [2.45, 2.75) is 33.1 Å². The van der Waals surface area contributed by atoms with Crippen LogP contribution in [0.25, 0.3) is 23.0 Å². The summed E-state index contributed by atoms with van der Waals surface area (Å²) >= 11 is 6.54. The van der Waals surface area contributed by atoms with Gasteiger partial charge >= 0.3 is 5.97 Å². The molecule has 1 saturated heterocycles. The number of hydrogen-bond donors (Lipinski definition) is 1. The van der Waals surface area contributed by atoms with E-state index in [1.165, 1.54) is 22.2 Å². The van der Waals surface area contributed by atoms with E-state index in [9.17, 15) is 9.59 Å². The molecular weight excluding hydrogens is 466 g/mol. The van der Waals surface area contributed by atoms with Crippen molar-refractivity contribution in [3.63, 3.8) is 0 Å². The van der Waals surface area contributed by atoms with Gasteiger partial charge in [-0.1, -0.05) is 68.2 Å². The van der Waals surface area contributed by atoms with Crippen LogP contribution in [0, 0.1) is 6.92 Å². The molecular formula is C26H25N3O3S2. The normalized spacial score (nSPS) is 15.1. The number of carbonyl (C=O) groups is 2. The number of rotatable bonds is 7. The molecule has 1 fully saturated rings. The fourth-order valence-electron chi connectivity index (χ4n) is 3.71. The lowest BCUT2D eigenvalue weighted by molar-refractivity contribution is -0.137. The van der Waals surface area contributed by atoms with E-state index in [0.29, 0.717) is 15.1 Å². The highest BCUT2D eigenvalue weighted by Crippen LogP contribution is 2.36. The maximum Gasteiger partial charge on any atom is 0.305 e. The Morgan fingerprint density at radius 3 is 2.62 bits per heavy atom. The predicted molar refractivity (Wildman–Crippen MR) is 140 cm³/mol. The van der Waals surface area contributed by atoms with Crippen LogP contribution in [0.1, 0.15) is 42.9 Å². The van der Waals surface area contributed by atoms with E-state index in [1.54, 1.807) is 0 Å². The van der Waals surface area contributed by atoms with Crippen LogP contribution < -0.4 is 0 Å². The number of aryl methyl sites for hydroxylation is 1. The van der Waals surface area contributed by atoms with Crippen molar-refractivity contribution >= 4 is 46.3 Å². The van der Waals surface area contributed by atoms with E-state index < -0.39 is 5.97 Å². The van der Waals surface area contributed by atoms with Crippen molar-refractivity contribution in [3.05, 3.63) is 76.3 Å². The van der Waals surface area contributed by atoms with Crippen LogP contribution in [0.2, 0.25) is 0 Å². The molecule has 1 aromatic heterocycles. The Morgan fingerprint density at radius 1 is 1.21 bits per heavy atom. The van der Waals surface area contributed by atoms with Crippen molar-refractivity contribution in [2.24, 2.45) is 0 Å². The highest BCUT2D eigenvalue weighted by atomic mass is 32.2. The van der Waals surface area contributed by atoms with Crippen molar-refractivity contribution in [3.8, 4) is 16.9 Å². The standard InChI is InChI=1S/C26H25N3O3S2/c1-16(2)18-10-9-17(3)21(13-18)24-19(15-29(27-24)20-7-5-4-6-8-20)14-22-25(32)28(26(33)34-22)12-11-23(30)31/h4-10,13-16H,11-12H2,1-3H3,(H,30,31). The Morgan fingerprint density at radius 2 is 1.94 bits per heavy atom. The van der Waals surface area contributed by atoms with E-state index in [2.05, 4.69) is 39.0 Å². The third-order valence-electron chi connectivity index (χ3n) is 5.66. The van der Waals surface area contributed by atoms with Gasteiger partial charge in [0.05, 0.1) is 17.0 Å². The van der Waals surface area contributed by atoms with Crippen molar-refractivity contribution in [2.75, 3.05) is 6.54 Å². The molecule has 8 heteroatoms. The highest BCUT2D eigenvalue weighted by Gasteiger charge is 2.32. The molecule has 2 aromatic carbocycles. The fraction of sp³-hybridized carbons (Fsp3) is 0.231. The van der Waals surface area contributed by atoms with Gasteiger partial charge in [-0.05, 0) is 48.2 Å². The van der Waals surface area contributed by atoms with Gasteiger partial charge in [0, 0.05) is 23.9 Å². The average Bonchev–Trinajstić information content (AvgIpc) is 3.34. The van der Waals surface area contributed by atoms with Gasteiger partial charge in [0.15, 0.2) is 0 Å². The van der Waals surface area contributed by atoms with Gasteiger partial charge in [0.2, 0.25) is 0 Å². The van der Waals surface area contributed by atoms with Crippen molar-refractivity contribution in [1.29, 1.82) is 0 Å². The molecule has 0 aliphatic carbocycles. The number of amides is 1. The largest absolute Gasteiger partial charge is 0.481 e. The first kappa shape index (κ1) is 23.9. The fourth-order valence-corrected chi connectivity index (χ4v) is 5.01. The number of carboxylic acid groups (broad SMARTS) is 1. The number of hydrogen-bond acceptors (Lipinski definition) is 5. The molecule has 2 heterocycles. The van der Waals surface area contributed by atoms with Crippen LogP contribution in [-0.2, 0) is 9.59 Å². The minimum Gasteiger partial charge on any atom is -0.481 e. The quantitative estimate of drug-likeness (QED) is 0.340. The summed E-state index contributed by atoms with van der Waals surface area (Å²) in [5.41, 5.74) is 5.79. The number of para-hydroxylation sites is 1. The summed E-state index contributed by atoms with van der Waals surface area (Å²) in [6.07, 6.45) is 3.57. The van der Waals surface area contributed by atoms with Gasteiger partial charge in [-0.25, -0.2) is 4.68 Å². The molecule has 1 aliphatic heterocycles. The molecule has 0 bridgehead atoms. The van der Waals surface area contributed by atoms with Crippen LogP contribution in [0.15, 0.2) is 59.6 Å². The molecule has 0 unspecified atom stereocenters. The topological polar surface area (TPSA) is 75.4 Å². The van der Waals surface area contributed by atoms with E-state index >= 15 is 0 Å². The summed E-state index contributed by atoms with van der Waals surface area (Å²) in [5, 5.41) is 13.9. The maximum absolute atomic E-state index is 13.0. The Bertz CT molecular complexity index is 1300. The Kier molecular flexibility index (Phi) is 7.00. The molecule has 1 N–H and O–H groups in total. The molecule has 174 valence electrons. The molecule has 0 saturated carbocycles. The molecule has 6 nitrogen and oxygen atoms in total. The summed E-state index contributed by atoms with van der Waals surface area (Å²) < 4.78 is 2.18. The third-order valence-corrected chi connectivity index (χ3v) is 7.03. The van der Waals surface area contributed by atoms with Crippen LogP contribution in [0.5, 0.6) is 0 Å². The summed E-state index contributed by atoms with van der Waals surface area (Å²) in [7, 11) is 0. The number of thiocarbonyl (C=S) groups is 1. The van der Waals surface area contributed by atoms with Crippen molar-refractivity contribution < 1.29 is 14.7 Å². The zero-order valence-corrected chi connectivity index (χ0v) is 20.8. The first-order chi connectivity index (χ1) is 16.2. The minimum absolute atomic E-state index is 0.0585. The lowest BCUT2D eigenvalue weighted by Crippen LogP contribution is -2.30. The molecule has 0 spiro atoms. The van der Waals surface area contributed by atoms with Gasteiger partial charge in [-0.2, -0.15) is 5.10 Å². The summed E-state index contributed by atoms with van der Waals surface area (Å²) in [5.74, 6) is -0.878. The first-order valence-electron chi connectivity index (χ1n) is 11.0. The Labute approximate surface area is 208 Å². The molecule has 34 heavy (non-hydrogen) atoms. The number of aliphatic carboxylic acids is 1. The van der Waals surface area contributed by atoms with Crippen LogP contribution in [0.3, 0.4) is 0 Å². The number of thioether (sulfide) groups is 1. The zero-order valence-electron chi connectivity index (χ0n) is 19.2. The highest BCUT2D eigenvalue weighted by molar-refractivity contribution is 8.26. The molecule has 1 amide bonds. The second-order valence-corrected chi connectivity index (χ2v) is 10.1. The Balaban J connectivity index is 1.81. The van der Waals surface area contributed by atoms with E-state index in [4.69, 9.17) is 22.4 Å². The molecule has 3 aromatic rings. The van der Waals surface area contributed by atoms with Gasteiger partial charge in [-0.15, -0.1) is 0 Å². The van der Waals surface area contributed by atoms with E-state index in [0.717, 1.165) is 28.1 Å². The van der Waals surface area contributed by atoms with Crippen LogP contribution in [-0.4, -0.2) is 42.5 Å². The molecule has 0 radical (unpaired) electrons. The smallest absolute Gasteiger partial charge is 0.305 e. The summed E-state index contributed by atoms with van der Waals surface area (Å²) in [6.45, 7) is 6.42. The van der Waals surface area contributed by atoms with Gasteiger partial charge in [0.1, 0.15) is 10.0 Å². The van der Waals surface area contributed by atoms with Crippen LogP contribution >= 0.6 is 24.0 Å². The Hall–Kier alpha value is -3.23. The molecule has 0 atom stereocenters. The average molecular weight is 492 g/mol. The number of nitrogens with zero attached hydrogens (tertiary/aromatic N) is 3. The van der Waals surface area contributed by atoms with E-state index in [1.807, 2.05) is 47.3 Å². The monoisotopic (exact) mass is 491 g/mol.